The van der Waals surface area contributed by atoms with Gasteiger partial charge in [-0.25, -0.2) is 0 Å². The minimum atomic E-state index is -1.99. The van der Waals surface area contributed by atoms with Crippen molar-refractivity contribution >= 4 is 10.7 Å². The lowest BCUT2D eigenvalue weighted by molar-refractivity contribution is 0.338. The molecule has 13 heavy (non-hydrogen) atoms. The van der Waals surface area contributed by atoms with Crippen LogP contribution in [0.4, 0.5) is 0 Å². The fourth-order valence-electron chi connectivity index (χ4n) is 1.53. The van der Waals surface area contributed by atoms with Crippen LogP contribution in [0.15, 0.2) is 24.3 Å². The average Bonchev–Trinajstić information content (AvgIpc) is 2.48. The molecule has 0 fully saturated rings. The highest BCUT2D eigenvalue weighted by Gasteiger charge is 2.24. The van der Waals surface area contributed by atoms with Gasteiger partial charge >= 0.3 is 0 Å². The highest BCUT2D eigenvalue weighted by Crippen LogP contribution is 2.33. The van der Waals surface area contributed by atoms with E-state index >= 15 is 0 Å². The van der Waals surface area contributed by atoms with Gasteiger partial charge in [-0.15, -0.1) is 0 Å². The second-order valence-electron chi connectivity index (χ2n) is 3.02. The molecule has 1 atom stereocenters. The van der Waals surface area contributed by atoms with Gasteiger partial charge in [0.05, 0.1) is 12.4 Å². The number of para-hydroxylation sites is 1. The molecule has 3 nitrogen and oxygen atoms in total. The molecule has 1 aliphatic heterocycles. The standard InChI is InChI=1S/C9H9O3S/c10-13(11)6-7-5-12-9-4-2-1-3-8(7)9/h1-4,7H,5-6H2. The Morgan fingerprint density at radius 1 is 1.38 bits per heavy atom. The summed E-state index contributed by atoms with van der Waals surface area (Å²) in [5.41, 5.74) is 1.01. The highest BCUT2D eigenvalue weighted by atomic mass is 32.2. The third-order valence-corrected chi connectivity index (χ3v) is 2.81. The van der Waals surface area contributed by atoms with E-state index in [1.807, 2.05) is 24.3 Å². The molecule has 0 amide bonds. The van der Waals surface area contributed by atoms with E-state index < -0.39 is 10.7 Å². The van der Waals surface area contributed by atoms with Crippen LogP contribution in [0, 0.1) is 0 Å². The quantitative estimate of drug-likeness (QED) is 0.711. The molecule has 0 bridgehead atoms. The number of benzene rings is 1. The molecule has 4 heteroatoms. The summed E-state index contributed by atoms with van der Waals surface area (Å²) < 4.78 is 26.4. The van der Waals surface area contributed by atoms with Crippen molar-refractivity contribution in [2.24, 2.45) is 0 Å². The first-order valence-electron chi connectivity index (χ1n) is 4.05. The summed E-state index contributed by atoms with van der Waals surface area (Å²) >= 11 is 0. The van der Waals surface area contributed by atoms with Gasteiger partial charge in [-0.2, -0.15) is 8.42 Å². The summed E-state index contributed by atoms with van der Waals surface area (Å²) in [4.78, 5) is 0. The largest absolute Gasteiger partial charge is 0.493 e. The molecule has 1 unspecified atom stereocenters. The zero-order chi connectivity index (χ0) is 9.26. The number of fused-ring (bicyclic) bond motifs is 1. The molecular weight excluding hydrogens is 188 g/mol. The molecule has 2 rings (SSSR count). The molecule has 1 aliphatic rings. The van der Waals surface area contributed by atoms with Crippen molar-refractivity contribution in [3.8, 4) is 5.75 Å². The van der Waals surface area contributed by atoms with Crippen LogP contribution in [0.25, 0.3) is 0 Å². The van der Waals surface area contributed by atoms with E-state index in [9.17, 15) is 8.42 Å². The van der Waals surface area contributed by atoms with E-state index in [0.717, 1.165) is 11.3 Å². The van der Waals surface area contributed by atoms with Gasteiger partial charge in [0.1, 0.15) is 5.75 Å². The van der Waals surface area contributed by atoms with E-state index in [4.69, 9.17) is 4.74 Å². The Morgan fingerprint density at radius 3 is 2.92 bits per heavy atom. The Kier molecular flexibility index (Phi) is 2.14. The van der Waals surface area contributed by atoms with Crippen LogP contribution in [-0.2, 0) is 10.7 Å². The predicted molar refractivity (Wildman–Crippen MR) is 48.5 cm³/mol. The first-order valence-corrected chi connectivity index (χ1v) is 5.29. The maximum atomic E-state index is 10.5. The van der Waals surface area contributed by atoms with Crippen LogP contribution in [0.5, 0.6) is 5.75 Å². The van der Waals surface area contributed by atoms with E-state index in [1.165, 1.54) is 0 Å². The number of hydrogen-bond acceptors (Lipinski definition) is 3. The maximum absolute atomic E-state index is 10.5. The number of hydrogen-bond donors (Lipinski definition) is 0. The highest BCUT2D eigenvalue weighted by molar-refractivity contribution is 7.72. The average molecular weight is 197 g/mol. The van der Waals surface area contributed by atoms with Crippen molar-refractivity contribution in [1.82, 2.24) is 0 Å². The monoisotopic (exact) mass is 197 g/mol. The lowest BCUT2D eigenvalue weighted by Gasteiger charge is -2.00. The van der Waals surface area contributed by atoms with Crippen LogP contribution in [0.2, 0.25) is 0 Å². The maximum Gasteiger partial charge on any atom is 0.188 e. The Balaban J connectivity index is 2.28. The van der Waals surface area contributed by atoms with Gasteiger partial charge < -0.3 is 4.74 Å². The van der Waals surface area contributed by atoms with Crippen molar-refractivity contribution in [2.45, 2.75) is 5.92 Å². The SMILES string of the molecule is O=[S](=O)CC1COc2ccccc21. The molecule has 0 spiro atoms. The first-order chi connectivity index (χ1) is 6.27. The van der Waals surface area contributed by atoms with Crippen LogP contribution in [-0.4, -0.2) is 20.8 Å². The Bertz CT molecular complexity index is 376. The van der Waals surface area contributed by atoms with Gasteiger partial charge in [-0.3, -0.25) is 0 Å². The van der Waals surface area contributed by atoms with E-state index in [-0.39, 0.29) is 11.7 Å². The molecule has 0 saturated carbocycles. The fraction of sp³-hybridized carbons (Fsp3) is 0.333. The van der Waals surface area contributed by atoms with E-state index in [0.29, 0.717) is 6.61 Å². The smallest absolute Gasteiger partial charge is 0.188 e. The number of ether oxygens (including phenoxy) is 1. The normalized spacial score (nSPS) is 19.2. The molecule has 69 valence electrons. The molecule has 0 saturated heterocycles. The molecule has 1 aromatic rings. The molecular formula is C9H9O3S. The van der Waals surface area contributed by atoms with Crippen molar-refractivity contribution in [3.05, 3.63) is 29.8 Å². The summed E-state index contributed by atoms with van der Waals surface area (Å²) in [5.74, 6) is 0.976. The molecule has 1 radical (unpaired) electrons. The molecule has 0 N–H and O–H groups in total. The Hall–Kier alpha value is -1.16. The zero-order valence-electron chi connectivity index (χ0n) is 6.93. The lowest BCUT2D eigenvalue weighted by Crippen LogP contribution is -2.06. The third kappa shape index (κ3) is 1.62. The van der Waals surface area contributed by atoms with Gasteiger partial charge in [-0.05, 0) is 6.07 Å². The van der Waals surface area contributed by atoms with Gasteiger partial charge in [0, 0.05) is 11.5 Å². The van der Waals surface area contributed by atoms with Crippen molar-refractivity contribution < 1.29 is 13.2 Å². The van der Waals surface area contributed by atoms with Crippen LogP contribution in [0.3, 0.4) is 0 Å². The predicted octanol–water partition coefficient (Wildman–Crippen LogP) is 1.04. The summed E-state index contributed by atoms with van der Waals surface area (Å²) in [6.07, 6.45) is 0. The van der Waals surface area contributed by atoms with Crippen LogP contribution < -0.4 is 4.74 Å². The molecule has 1 heterocycles. The topological polar surface area (TPSA) is 43.4 Å². The summed E-state index contributed by atoms with van der Waals surface area (Å²) in [6, 6.07) is 7.56. The molecule has 0 aliphatic carbocycles. The summed E-state index contributed by atoms with van der Waals surface area (Å²) in [5, 5.41) is 0. The van der Waals surface area contributed by atoms with Gasteiger partial charge in [0.2, 0.25) is 0 Å². The Labute approximate surface area is 78.3 Å². The van der Waals surface area contributed by atoms with E-state index in [1.54, 1.807) is 0 Å². The molecule has 0 aromatic heterocycles. The van der Waals surface area contributed by atoms with Crippen molar-refractivity contribution in [3.63, 3.8) is 0 Å². The fourth-order valence-corrected chi connectivity index (χ4v) is 2.14. The van der Waals surface area contributed by atoms with E-state index in [2.05, 4.69) is 0 Å². The van der Waals surface area contributed by atoms with Crippen molar-refractivity contribution in [1.29, 1.82) is 0 Å². The minimum Gasteiger partial charge on any atom is -0.493 e. The third-order valence-electron chi connectivity index (χ3n) is 2.14. The Morgan fingerprint density at radius 2 is 2.15 bits per heavy atom. The second kappa shape index (κ2) is 3.30. The van der Waals surface area contributed by atoms with Crippen molar-refractivity contribution in [2.75, 3.05) is 12.4 Å². The summed E-state index contributed by atoms with van der Waals surface area (Å²) in [6.45, 7) is 0.479. The van der Waals surface area contributed by atoms with Gasteiger partial charge in [0.15, 0.2) is 10.7 Å². The van der Waals surface area contributed by atoms with Crippen LogP contribution >= 0.6 is 0 Å². The second-order valence-corrected chi connectivity index (χ2v) is 3.96. The molecule has 1 aromatic carbocycles. The van der Waals surface area contributed by atoms with Gasteiger partial charge in [0.25, 0.3) is 0 Å². The lowest BCUT2D eigenvalue weighted by atomic mass is 10.0. The number of rotatable bonds is 2. The zero-order valence-corrected chi connectivity index (χ0v) is 7.75. The van der Waals surface area contributed by atoms with Crippen LogP contribution in [0.1, 0.15) is 11.5 Å². The van der Waals surface area contributed by atoms with Gasteiger partial charge in [-0.1, -0.05) is 18.2 Å². The summed E-state index contributed by atoms with van der Waals surface area (Å²) in [7, 11) is -1.99. The minimum absolute atomic E-state index is 0.00883. The first kappa shape index (κ1) is 8.44.